The van der Waals surface area contributed by atoms with E-state index < -0.39 is 21.7 Å². The summed E-state index contributed by atoms with van der Waals surface area (Å²) < 4.78 is 61.1. The van der Waals surface area contributed by atoms with Gasteiger partial charge < -0.3 is 4.90 Å². The van der Waals surface area contributed by atoms with Crippen LogP contribution in [0, 0.1) is 0 Å². The van der Waals surface area contributed by atoms with E-state index in [0.29, 0.717) is 31.3 Å². The van der Waals surface area contributed by atoms with Crippen molar-refractivity contribution in [2.75, 3.05) is 42.6 Å². The van der Waals surface area contributed by atoms with E-state index in [4.69, 9.17) is 0 Å². The lowest BCUT2D eigenvalue weighted by Gasteiger charge is -2.43. The number of hydrogen-bond acceptors (Lipinski definition) is 6. The molecule has 1 atom stereocenters. The Hall–Kier alpha value is -0.870. The highest BCUT2D eigenvalue weighted by molar-refractivity contribution is 7.91. The van der Waals surface area contributed by atoms with Crippen molar-refractivity contribution in [3.8, 4) is 0 Å². The van der Waals surface area contributed by atoms with Crippen molar-refractivity contribution >= 4 is 26.3 Å². The third-order valence-electron chi connectivity index (χ3n) is 3.79. The number of halogens is 3. The number of piperazine rings is 1. The van der Waals surface area contributed by atoms with Crippen molar-refractivity contribution in [3.63, 3.8) is 0 Å². The van der Waals surface area contributed by atoms with Crippen LogP contribution in [0.25, 0.3) is 0 Å². The van der Waals surface area contributed by atoms with Crippen LogP contribution >= 0.6 is 11.3 Å². The number of sulfone groups is 1. The Labute approximate surface area is 124 Å². The second-order valence-corrected chi connectivity index (χ2v) is 8.33. The molecule has 2 saturated heterocycles. The zero-order valence-electron chi connectivity index (χ0n) is 11.0. The molecule has 3 heterocycles. The maximum Gasteiger partial charge on any atom is 0.434 e. The SMILES string of the molecule is O=S1(=O)CCN2CCN(c3nc(C(F)(F)F)cs3)CC2C1. The van der Waals surface area contributed by atoms with Crippen LogP contribution in [0.2, 0.25) is 0 Å². The first-order valence-electron chi connectivity index (χ1n) is 6.47. The van der Waals surface area contributed by atoms with Gasteiger partial charge >= 0.3 is 6.18 Å². The third kappa shape index (κ3) is 3.16. The van der Waals surface area contributed by atoms with Crippen LogP contribution in [0.3, 0.4) is 0 Å². The first kappa shape index (κ1) is 15.0. The second kappa shape index (κ2) is 5.10. The molecule has 0 bridgehead atoms. The fourth-order valence-corrected chi connectivity index (χ4v) is 5.14. The largest absolute Gasteiger partial charge is 0.434 e. The smallest absolute Gasteiger partial charge is 0.345 e. The van der Waals surface area contributed by atoms with Crippen molar-refractivity contribution in [2.45, 2.75) is 12.2 Å². The molecule has 2 aliphatic rings. The van der Waals surface area contributed by atoms with Crippen LogP contribution in [-0.4, -0.2) is 62.0 Å². The summed E-state index contributed by atoms with van der Waals surface area (Å²) in [5.41, 5.74) is -0.888. The lowest BCUT2D eigenvalue weighted by molar-refractivity contribution is -0.140. The molecule has 2 fully saturated rings. The van der Waals surface area contributed by atoms with E-state index in [9.17, 15) is 21.6 Å². The zero-order valence-corrected chi connectivity index (χ0v) is 12.6. The predicted octanol–water partition coefficient (Wildman–Crippen LogP) is 1.08. The normalized spacial score (nSPS) is 26.6. The van der Waals surface area contributed by atoms with Crippen LogP contribution in [0.5, 0.6) is 0 Å². The van der Waals surface area contributed by atoms with Gasteiger partial charge in [-0.25, -0.2) is 13.4 Å². The van der Waals surface area contributed by atoms with Gasteiger partial charge in [0.25, 0.3) is 0 Å². The fourth-order valence-electron chi connectivity index (χ4n) is 2.69. The molecule has 0 aromatic carbocycles. The molecule has 118 valence electrons. The highest BCUT2D eigenvalue weighted by Gasteiger charge is 2.38. The maximum atomic E-state index is 12.6. The molecule has 1 aromatic rings. The van der Waals surface area contributed by atoms with Gasteiger partial charge in [0.15, 0.2) is 20.7 Å². The van der Waals surface area contributed by atoms with Crippen LogP contribution in [-0.2, 0) is 16.0 Å². The monoisotopic (exact) mass is 341 g/mol. The van der Waals surface area contributed by atoms with Crippen molar-refractivity contribution in [1.82, 2.24) is 9.88 Å². The third-order valence-corrected chi connectivity index (χ3v) is 6.39. The summed E-state index contributed by atoms with van der Waals surface area (Å²) in [5, 5.41) is 1.31. The minimum absolute atomic E-state index is 0.0704. The lowest BCUT2D eigenvalue weighted by Crippen LogP contribution is -2.59. The summed E-state index contributed by atoms with van der Waals surface area (Å²) in [6.45, 7) is 2.14. The average molecular weight is 341 g/mol. The average Bonchev–Trinajstić information content (AvgIpc) is 2.86. The minimum atomic E-state index is -4.44. The molecule has 21 heavy (non-hydrogen) atoms. The summed E-state index contributed by atoms with van der Waals surface area (Å²) in [6.07, 6.45) is -4.44. The highest BCUT2D eigenvalue weighted by atomic mass is 32.2. The van der Waals surface area contributed by atoms with Gasteiger partial charge in [-0.05, 0) is 0 Å². The minimum Gasteiger partial charge on any atom is -0.345 e. The van der Waals surface area contributed by atoms with Crippen molar-refractivity contribution < 1.29 is 21.6 Å². The molecule has 0 spiro atoms. The van der Waals surface area contributed by atoms with Crippen LogP contribution in [0.15, 0.2) is 5.38 Å². The molecule has 0 amide bonds. The van der Waals surface area contributed by atoms with Gasteiger partial charge in [-0.15, -0.1) is 11.3 Å². The first-order chi connectivity index (χ1) is 9.74. The van der Waals surface area contributed by atoms with Gasteiger partial charge in [0.1, 0.15) is 0 Å². The van der Waals surface area contributed by atoms with Crippen molar-refractivity contribution in [1.29, 1.82) is 0 Å². The van der Waals surface area contributed by atoms with Crippen LogP contribution < -0.4 is 4.90 Å². The molecule has 0 radical (unpaired) electrons. The molecule has 3 rings (SSSR count). The summed E-state index contributed by atoms with van der Waals surface area (Å²) in [7, 11) is -3.04. The molecule has 2 aliphatic heterocycles. The summed E-state index contributed by atoms with van der Waals surface area (Å²) in [5.74, 6) is 0.236. The standard InChI is InChI=1S/C11H14F3N3O2S2/c12-11(13,14)9-6-20-10(15-9)17-2-1-16-3-4-21(18,19)7-8(16)5-17/h6,8H,1-5,7H2. The number of rotatable bonds is 1. The van der Waals surface area contributed by atoms with E-state index >= 15 is 0 Å². The highest BCUT2D eigenvalue weighted by Crippen LogP contribution is 2.33. The van der Waals surface area contributed by atoms with E-state index in [-0.39, 0.29) is 17.5 Å². The van der Waals surface area contributed by atoms with E-state index in [0.717, 1.165) is 16.7 Å². The van der Waals surface area contributed by atoms with Gasteiger partial charge in [0, 0.05) is 37.6 Å². The summed E-state index contributed by atoms with van der Waals surface area (Å²) in [6, 6.07) is -0.157. The number of hydrogen-bond donors (Lipinski definition) is 0. The van der Waals surface area contributed by atoms with Crippen molar-refractivity contribution in [3.05, 3.63) is 11.1 Å². The maximum absolute atomic E-state index is 12.6. The topological polar surface area (TPSA) is 53.5 Å². The molecule has 0 saturated carbocycles. The quantitative estimate of drug-likeness (QED) is 0.765. The van der Waals surface area contributed by atoms with Gasteiger partial charge in [0.05, 0.1) is 11.5 Å². The number of anilines is 1. The van der Waals surface area contributed by atoms with Gasteiger partial charge in [-0.2, -0.15) is 13.2 Å². The molecule has 5 nitrogen and oxygen atoms in total. The predicted molar refractivity (Wildman–Crippen MR) is 73.3 cm³/mol. The molecule has 0 N–H and O–H groups in total. The molecule has 0 aliphatic carbocycles. The van der Waals surface area contributed by atoms with Gasteiger partial charge in [-0.1, -0.05) is 0 Å². The number of fused-ring (bicyclic) bond motifs is 1. The van der Waals surface area contributed by atoms with Crippen molar-refractivity contribution in [2.24, 2.45) is 0 Å². The Bertz CT molecular complexity index is 629. The number of nitrogens with zero attached hydrogens (tertiary/aromatic N) is 3. The van der Waals surface area contributed by atoms with E-state index in [1.165, 1.54) is 0 Å². The van der Waals surface area contributed by atoms with E-state index in [1.807, 2.05) is 0 Å². The van der Waals surface area contributed by atoms with E-state index in [1.54, 1.807) is 4.90 Å². The Balaban J connectivity index is 1.75. The Morgan fingerprint density at radius 3 is 2.71 bits per heavy atom. The fraction of sp³-hybridized carbons (Fsp3) is 0.727. The molecule has 1 aromatic heterocycles. The molecule has 1 unspecified atom stereocenters. The number of thiazole rings is 1. The number of aromatic nitrogens is 1. The van der Waals surface area contributed by atoms with E-state index in [2.05, 4.69) is 9.88 Å². The Morgan fingerprint density at radius 1 is 1.29 bits per heavy atom. The van der Waals surface area contributed by atoms with Gasteiger partial charge in [-0.3, -0.25) is 4.90 Å². The molecular weight excluding hydrogens is 327 g/mol. The summed E-state index contributed by atoms with van der Waals surface area (Å²) >= 11 is 0.949. The Morgan fingerprint density at radius 2 is 2.05 bits per heavy atom. The Kier molecular flexibility index (Phi) is 3.65. The van der Waals surface area contributed by atoms with Gasteiger partial charge in [0.2, 0.25) is 0 Å². The summed E-state index contributed by atoms with van der Waals surface area (Å²) in [4.78, 5) is 7.48. The number of alkyl halides is 3. The molecular formula is C11H14F3N3O2S2. The van der Waals surface area contributed by atoms with Crippen LogP contribution in [0.4, 0.5) is 18.3 Å². The first-order valence-corrected chi connectivity index (χ1v) is 9.17. The lowest BCUT2D eigenvalue weighted by atomic mass is 10.2. The zero-order chi connectivity index (χ0) is 15.3. The molecule has 10 heteroatoms. The second-order valence-electron chi connectivity index (χ2n) is 5.26. The van der Waals surface area contributed by atoms with Crippen LogP contribution in [0.1, 0.15) is 5.69 Å².